The second-order valence-corrected chi connectivity index (χ2v) is 4.90. The number of nitrogens with two attached hydrogens (primary N) is 1. The van der Waals surface area contributed by atoms with Crippen molar-refractivity contribution in [1.82, 2.24) is 10.2 Å². The third kappa shape index (κ3) is 5.34. The average molecular weight is 245 g/mol. The van der Waals surface area contributed by atoms with Gasteiger partial charge in [0.05, 0.1) is 12.1 Å². The fourth-order valence-corrected chi connectivity index (χ4v) is 2.05. The van der Waals surface area contributed by atoms with Crippen LogP contribution in [-0.4, -0.2) is 56.9 Å². The fourth-order valence-electron chi connectivity index (χ4n) is 2.05. The maximum Gasteiger partial charge on any atom is 0.0659 e. The van der Waals surface area contributed by atoms with E-state index in [9.17, 15) is 0 Å². The molecule has 0 bridgehead atoms. The molecule has 0 aliphatic heterocycles. The molecule has 0 saturated heterocycles. The maximum absolute atomic E-state index is 5.92. The standard InChI is InChI=1S/C13H31N3O/c1-6-16(7-2)9-8-15-13(10-14,11-17-5)12(3)4/h12,15H,6-11,14H2,1-5H3. The lowest BCUT2D eigenvalue weighted by atomic mass is 9.87. The van der Waals surface area contributed by atoms with E-state index >= 15 is 0 Å². The van der Waals surface area contributed by atoms with E-state index in [1.165, 1.54) is 0 Å². The number of methoxy groups -OCH3 is 1. The Bertz CT molecular complexity index is 184. The second-order valence-electron chi connectivity index (χ2n) is 4.90. The van der Waals surface area contributed by atoms with Gasteiger partial charge in [0.2, 0.25) is 0 Å². The van der Waals surface area contributed by atoms with Crippen LogP contribution in [0.1, 0.15) is 27.7 Å². The highest BCUT2D eigenvalue weighted by Crippen LogP contribution is 2.16. The van der Waals surface area contributed by atoms with Gasteiger partial charge in [-0.25, -0.2) is 0 Å². The summed E-state index contributed by atoms with van der Waals surface area (Å²) in [5, 5.41) is 3.59. The normalized spacial score (nSPS) is 15.5. The SMILES string of the molecule is CCN(CC)CCNC(CN)(COC)C(C)C. The molecule has 0 spiro atoms. The van der Waals surface area contributed by atoms with Crippen molar-refractivity contribution in [3.8, 4) is 0 Å². The van der Waals surface area contributed by atoms with Gasteiger partial charge >= 0.3 is 0 Å². The summed E-state index contributed by atoms with van der Waals surface area (Å²) in [5.41, 5.74) is 5.83. The van der Waals surface area contributed by atoms with E-state index < -0.39 is 0 Å². The summed E-state index contributed by atoms with van der Waals surface area (Å²) in [7, 11) is 1.73. The highest BCUT2D eigenvalue weighted by Gasteiger charge is 2.31. The van der Waals surface area contributed by atoms with E-state index in [-0.39, 0.29) is 5.54 Å². The van der Waals surface area contributed by atoms with E-state index in [2.05, 4.69) is 37.9 Å². The van der Waals surface area contributed by atoms with Crippen molar-refractivity contribution in [3.05, 3.63) is 0 Å². The molecule has 104 valence electrons. The monoisotopic (exact) mass is 245 g/mol. The third-order valence-corrected chi connectivity index (χ3v) is 3.67. The number of likely N-dealkylation sites (N-methyl/N-ethyl adjacent to an activating group) is 1. The van der Waals surface area contributed by atoms with Gasteiger partial charge in [-0.3, -0.25) is 0 Å². The van der Waals surface area contributed by atoms with Crippen LogP contribution in [-0.2, 0) is 4.74 Å². The quantitative estimate of drug-likeness (QED) is 0.601. The van der Waals surface area contributed by atoms with Crippen molar-refractivity contribution in [2.24, 2.45) is 11.7 Å². The molecule has 0 aromatic carbocycles. The van der Waals surface area contributed by atoms with Gasteiger partial charge in [0.1, 0.15) is 0 Å². The third-order valence-electron chi connectivity index (χ3n) is 3.67. The van der Waals surface area contributed by atoms with Crippen molar-refractivity contribution in [3.63, 3.8) is 0 Å². The Kier molecular flexibility index (Phi) is 8.78. The summed E-state index contributed by atoms with van der Waals surface area (Å²) >= 11 is 0. The highest BCUT2D eigenvalue weighted by molar-refractivity contribution is 4.92. The van der Waals surface area contributed by atoms with E-state index in [0.29, 0.717) is 19.1 Å². The largest absolute Gasteiger partial charge is 0.383 e. The first-order chi connectivity index (χ1) is 8.06. The molecular formula is C13H31N3O. The van der Waals surface area contributed by atoms with Crippen LogP contribution in [0.5, 0.6) is 0 Å². The summed E-state index contributed by atoms with van der Waals surface area (Å²) in [6, 6.07) is 0. The molecule has 0 aliphatic rings. The summed E-state index contributed by atoms with van der Waals surface area (Å²) in [6.07, 6.45) is 0. The number of nitrogens with one attached hydrogen (secondary N) is 1. The molecule has 0 rings (SSSR count). The summed E-state index contributed by atoms with van der Waals surface area (Å²) in [6.45, 7) is 14.3. The first kappa shape index (κ1) is 16.8. The van der Waals surface area contributed by atoms with Gasteiger partial charge < -0.3 is 20.7 Å². The number of nitrogens with zero attached hydrogens (tertiary/aromatic N) is 1. The summed E-state index contributed by atoms with van der Waals surface area (Å²) in [5.74, 6) is 0.462. The minimum Gasteiger partial charge on any atom is -0.383 e. The lowest BCUT2D eigenvalue weighted by Gasteiger charge is -2.37. The number of hydrogen-bond acceptors (Lipinski definition) is 4. The Morgan fingerprint density at radius 2 is 1.88 bits per heavy atom. The van der Waals surface area contributed by atoms with Crippen molar-refractivity contribution in [1.29, 1.82) is 0 Å². The zero-order chi connectivity index (χ0) is 13.3. The number of hydrogen-bond donors (Lipinski definition) is 2. The van der Waals surface area contributed by atoms with Crippen LogP contribution < -0.4 is 11.1 Å². The van der Waals surface area contributed by atoms with Gasteiger partial charge in [0, 0.05) is 26.7 Å². The molecule has 3 N–H and O–H groups in total. The van der Waals surface area contributed by atoms with E-state index in [1.54, 1.807) is 7.11 Å². The van der Waals surface area contributed by atoms with Crippen LogP contribution >= 0.6 is 0 Å². The Balaban J connectivity index is 4.25. The predicted octanol–water partition coefficient (Wildman–Crippen LogP) is 0.918. The van der Waals surface area contributed by atoms with Crippen molar-refractivity contribution >= 4 is 0 Å². The molecule has 0 aromatic rings. The van der Waals surface area contributed by atoms with E-state index in [0.717, 1.165) is 26.2 Å². The van der Waals surface area contributed by atoms with E-state index in [4.69, 9.17) is 10.5 Å². The van der Waals surface area contributed by atoms with E-state index in [1.807, 2.05) is 0 Å². The zero-order valence-electron chi connectivity index (χ0n) is 12.3. The molecule has 0 heterocycles. The predicted molar refractivity (Wildman–Crippen MR) is 74.3 cm³/mol. The van der Waals surface area contributed by atoms with Gasteiger partial charge in [-0.2, -0.15) is 0 Å². The smallest absolute Gasteiger partial charge is 0.0659 e. The Labute approximate surface area is 107 Å². The molecule has 0 aromatic heterocycles. The van der Waals surface area contributed by atoms with Gasteiger partial charge in [0.15, 0.2) is 0 Å². The van der Waals surface area contributed by atoms with Gasteiger partial charge in [-0.1, -0.05) is 27.7 Å². The number of ether oxygens (including phenoxy) is 1. The Morgan fingerprint density at radius 1 is 1.29 bits per heavy atom. The van der Waals surface area contributed by atoms with Crippen LogP contribution in [0.3, 0.4) is 0 Å². The summed E-state index contributed by atoms with van der Waals surface area (Å²) < 4.78 is 5.31. The average Bonchev–Trinajstić information content (AvgIpc) is 2.33. The first-order valence-corrected chi connectivity index (χ1v) is 6.72. The zero-order valence-corrected chi connectivity index (χ0v) is 12.3. The maximum atomic E-state index is 5.92. The minimum absolute atomic E-state index is 0.0953. The van der Waals surface area contributed by atoms with Crippen LogP contribution in [0.4, 0.5) is 0 Å². The first-order valence-electron chi connectivity index (χ1n) is 6.72. The molecule has 0 aliphatic carbocycles. The van der Waals surface area contributed by atoms with Crippen molar-refractivity contribution < 1.29 is 4.74 Å². The second kappa shape index (κ2) is 8.86. The van der Waals surface area contributed by atoms with Crippen LogP contribution in [0.2, 0.25) is 0 Å². The van der Waals surface area contributed by atoms with Crippen LogP contribution in [0.15, 0.2) is 0 Å². The fraction of sp³-hybridized carbons (Fsp3) is 1.00. The molecule has 1 atom stereocenters. The summed E-state index contributed by atoms with van der Waals surface area (Å²) in [4.78, 5) is 2.40. The molecule has 0 fully saturated rings. The lowest BCUT2D eigenvalue weighted by Crippen LogP contribution is -2.59. The molecule has 0 amide bonds. The van der Waals surface area contributed by atoms with Crippen molar-refractivity contribution in [2.75, 3.05) is 46.4 Å². The topological polar surface area (TPSA) is 50.5 Å². The number of rotatable bonds is 10. The van der Waals surface area contributed by atoms with Crippen molar-refractivity contribution in [2.45, 2.75) is 33.2 Å². The van der Waals surface area contributed by atoms with Gasteiger partial charge in [-0.05, 0) is 19.0 Å². The van der Waals surface area contributed by atoms with Gasteiger partial charge in [-0.15, -0.1) is 0 Å². The van der Waals surface area contributed by atoms with Gasteiger partial charge in [0.25, 0.3) is 0 Å². The molecule has 17 heavy (non-hydrogen) atoms. The molecule has 1 unspecified atom stereocenters. The molecule has 0 radical (unpaired) electrons. The molecule has 0 saturated carbocycles. The lowest BCUT2D eigenvalue weighted by molar-refractivity contribution is 0.0809. The molecule has 4 heteroatoms. The minimum atomic E-state index is -0.0953. The van der Waals surface area contributed by atoms with Crippen LogP contribution in [0, 0.1) is 5.92 Å². The highest BCUT2D eigenvalue weighted by atomic mass is 16.5. The Morgan fingerprint density at radius 3 is 2.24 bits per heavy atom. The molecular weight excluding hydrogens is 214 g/mol. The molecule has 4 nitrogen and oxygen atoms in total. The Hall–Kier alpha value is -0.160. The van der Waals surface area contributed by atoms with Crippen LogP contribution in [0.25, 0.3) is 0 Å².